The number of aryl methyl sites for hydroxylation is 2. The smallest absolute Gasteiger partial charge is 0.338 e. The lowest BCUT2D eigenvalue weighted by atomic mass is 9.76. The number of hydrogen-bond donors (Lipinski definition) is 1. The first-order valence-corrected chi connectivity index (χ1v) is 11.3. The van der Waals surface area contributed by atoms with Crippen LogP contribution in [0.5, 0.6) is 0 Å². The number of amides is 3. The number of ether oxygens (including phenoxy) is 1. The highest BCUT2D eigenvalue weighted by Crippen LogP contribution is 2.42. The molecule has 2 fully saturated rings. The molecule has 7 heteroatoms. The molecule has 1 aliphatic heterocycles. The predicted octanol–water partition coefficient (Wildman–Crippen LogP) is 4.02. The summed E-state index contributed by atoms with van der Waals surface area (Å²) < 4.78 is 5.11. The molecule has 1 saturated carbocycles. The zero-order valence-electron chi connectivity index (χ0n) is 19.1. The van der Waals surface area contributed by atoms with Gasteiger partial charge in [-0.3, -0.25) is 19.3 Å². The minimum Gasteiger partial charge on any atom is -0.452 e. The Labute approximate surface area is 193 Å². The Morgan fingerprint density at radius 2 is 1.67 bits per heavy atom. The molecule has 0 unspecified atom stereocenters. The molecule has 2 aromatic rings. The largest absolute Gasteiger partial charge is 0.452 e. The van der Waals surface area contributed by atoms with Crippen LogP contribution in [0.4, 0.5) is 11.4 Å². The highest BCUT2D eigenvalue weighted by Gasteiger charge is 2.49. The van der Waals surface area contributed by atoms with Gasteiger partial charge in [-0.15, -0.1) is 0 Å². The van der Waals surface area contributed by atoms with Gasteiger partial charge in [0.25, 0.3) is 5.91 Å². The van der Waals surface area contributed by atoms with Gasteiger partial charge in [-0.25, -0.2) is 4.79 Å². The maximum atomic E-state index is 12.9. The van der Waals surface area contributed by atoms with Crippen LogP contribution in [0.25, 0.3) is 0 Å². The van der Waals surface area contributed by atoms with Crippen molar-refractivity contribution in [2.75, 3.05) is 16.8 Å². The van der Waals surface area contributed by atoms with Gasteiger partial charge in [0.2, 0.25) is 11.8 Å². The maximum Gasteiger partial charge on any atom is 0.338 e. The Balaban J connectivity index is 1.35. The van der Waals surface area contributed by atoms with E-state index in [1.807, 2.05) is 26.0 Å². The van der Waals surface area contributed by atoms with Gasteiger partial charge >= 0.3 is 5.97 Å². The van der Waals surface area contributed by atoms with E-state index in [0.717, 1.165) is 30.4 Å². The van der Waals surface area contributed by atoms with Gasteiger partial charge in [0.1, 0.15) is 0 Å². The van der Waals surface area contributed by atoms with Crippen LogP contribution >= 0.6 is 0 Å². The van der Waals surface area contributed by atoms with Crippen molar-refractivity contribution in [3.8, 4) is 0 Å². The van der Waals surface area contributed by atoms with E-state index >= 15 is 0 Å². The number of nitrogens with one attached hydrogen (secondary N) is 1. The van der Waals surface area contributed by atoms with E-state index < -0.39 is 18.5 Å². The molecule has 4 rings (SSSR count). The van der Waals surface area contributed by atoms with Gasteiger partial charge in [-0.2, -0.15) is 0 Å². The molecule has 1 aliphatic carbocycles. The fourth-order valence-electron chi connectivity index (χ4n) is 4.62. The summed E-state index contributed by atoms with van der Waals surface area (Å²) in [6.45, 7) is 5.63. The monoisotopic (exact) mass is 448 g/mol. The van der Waals surface area contributed by atoms with E-state index in [0.29, 0.717) is 17.3 Å². The number of rotatable bonds is 5. The van der Waals surface area contributed by atoms with Crippen molar-refractivity contribution in [2.24, 2.45) is 17.8 Å². The molecule has 3 amide bonds. The highest BCUT2D eigenvalue weighted by molar-refractivity contribution is 6.22. The summed E-state index contributed by atoms with van der Waals surface area (Å²) in [6, 6.07) is 11.7. The minimum absolute atomic E-state index is 0.157. The summed E-state index contributed by atoms with van der Waals surface area (Å²) in [6.07, 6.45) is 2.43. The third-order valence-corrected chi connectivity index (χ3v) is 6.67. The van der Waals surface area contributed by atoms with Crippen molar-refractivity contribution < 1.29 is 23.9 Å². The summed E-state index contributed by atoms with van der Waals surface area (Å²) in [5, 5.41) is 2.70. The van der Waals surface area contributed by atoms with Crippen molar-refractivity contribution in [1.29, 1.82) is 0 Å². The summed E-state index contributed by atoms with van der Waals surface area (Å²) >= 11 is 0. The van der Waals surface area contributed by atoms with Crippen molar-refractivity contribution in [3.63, 3.8) is 0 Å². The average Bonchev–Trinajstić information content (AvgIpc) is 3.04. The van der Waals surface area contributed by atoms with Gasteiger partial charge < -0.3 is 10.1 Å². The van der Waals surface area contributed by atoms with Gasteiger partial charge in [0.15, 0.2) is 6.61 Å². The molecular weight excluding hydrogens is 420 g/mol. The van der Waals surface area contributed by atoms with Crippen LogP contribution in [-0.2, 0) is 19.1 Å². The molecule has 33 heavy (non-hydrogen) atoms. The van der Waals surface area contributed by atoms with Gasteiger partial charge in [0, 0.05) is 5.69 Å². The Kier molecular flexibility index (Phi) is 6.31. The van der Waals surface area contributed by atoms with E-state index in [9.17, 15) is 19.2 Å². The molecule has 1 heterocycles. The van der Waals surface area contributed by atoms with Crippen molar-refractivity contribution in [1.82, 2.24) is 0 Å². The molecule has 2 aromatic carbocycles. The second-order valence-electron chi connectivity index (χ2n) is 9.11. The number of anilines is 2. The molecule has 172 valence electrons. The van der Waals surface area contributed by atoms with Crippen LogP contribution < -0.4 is 10.2 Å². The molecule has 1 saturated heterocycles. The number of carbonyl (C=O) groups is 4. The number of esters is 1. The first-order valence-electron chi connectivity index (χ1n) is 11.3. The molecule has 2 aliphatic rings. The fourth-order valence-corrected chi connectivity index (χ4v) is 4.62. The van der Waals surface area contributed by atoms with Crippen molar-refractivity contribution in [3.05, 3.63) is 59.2 Å². The number of imide groups is 1. The number of nitrogens with zero attached hydrogens (tertiary/aromatic N) is 1. The Bertz CT molecular complexity index is 1110. The molecule has 0 spiro atoms. The second kappa shape index (κ2) is 9.17. The third-order valence-electron chi connectivity index (χ3n) is 6.67. The quantitative estimate of drug-likeness (QED) is 0.551. The van der Waals surface area contributed by atoms with E-state index in [-0.39, 0.29) is 29.2 Å². The molecule has 0 radical (unpaired) electrons. The van der Waals surface area contributed by atoms with Gasteiger partial charge in [-0.1, -0.05) is 13.0 Å². The number of carbonyl (C=O) groups excluding carboxylic acids is 4. The average molecular weight is 449 g/mol. The second-order valence-corrected chi connectivity index (χ2v) is 9.11. The first kappa shape index (κ1) is 22.7. The van der Waals surface area contributed by atoms with Crippen molar-refractivity contribution in [2.45, 2.75) is 40.0 Å². The Morgan fingerprint density at radius 1 is 0.970 bits per heavy atom. The zero-order valence-corrected chi connectivity index (χ0v) is 19.1. The zero-order chi connectivity index (χ0) is 23.7. The molecular formula is C26H28N2O5. The predicted molar refractivity (Wildman–Crippen MR) is 124 cm³/mol. The topological polar surface area (TPSA) is 92.8 Å². The SMILES string of the molecule is Cc1ccc(NC(=O)COC(=O)c2ccc(N3C(=O)[C@H]4C[C@@H](C)CC[C@H]4C3=O)cc2)cc1C. The van der Waals surface area contributed by atoms with Crippen LogP contribution in [-0.4, -0.2) is 30.3 Å². The standard InChI is InChI=1S/C26H28N2O5/c1-15-4-11-21-22(12-15)25(31)28(24(21)30)20-9-6-18(7-10-20)26(32)33-14-23(29)27-19-8-5-16(2)17(3)13-19/h5-10,13,15,21-22H,4,11-12,14H2,1-3H3,(H,27,29)/t15-,21+,22-/m0/s1. The number of benzene rings is 2. The molecule has 3 atom stereocenters. The first-order chi connectivity index (χ1) is 15.7. The van der Waals surface area contributed by atoms with E-state index in [2.05, 4.69) is 12.2 Å². The summed E-state index contributed by atoms with van der Waals surface area (Å²) in [5.41, 5.74) is 3.50. The third kappa shape index (κ3) is 4.67. The molecule has 0 bridgehead atoms. The van der Waals surface area contributed by atoms with E-state index in [1.165, 1.54) is 17.0 Å². The molecule has 7 nitrogen and oxygen atoms in total. The summed E-state index contributed by atoms with van der Waals surface area (Å²) in [7, 11) is 0. The highest BCUT2D eigenvalue weighted by atomic mass is 16.5. The lowest BCUT2D eigenvalue weighted by molar-refractivity contribution is -0.122. The lowest BCUT2D eigenvalue weighted by Gasteiger charge is -2.25. The van der Waals surface area contributed by atoms with Gasteiger partial charge in [-0.05, 0) is 86.6 Å². The van der Waals surface area contributed by atoms with Crippen LogP contribution in [0.15, 0.2) is 42.5 Å². The fraction of sp³-hybridized carbons (Fsp3) is 0.385. The Hall–Kier alpha value is -3.48. The van der Waals surface area contributed by atoms with Crippen LogP contribution in [0.3, 0.4) is 0 Å². The van der Waals surface area contributed by atoms with Crippen LogP contribution in [0.2, 0.25) is 0 Å². The molecule has 0 aromatic heterocycles. The number of fused-ring (bicyclic) bond motifs is 1. The van der Waals surface area contributed by atoms with Crippen LogP contribution in [0, 0.1) is 31.6 Å². The minimum atomic E-state index is -0.654. The summed E-state index contributed by atoms with van der Waals surface area (Å²) in [4.78, 5) is 51.4. The lowest BCUT2D eigenvalue weighted by Crippen LogP contribution is -2.30. The van der Waals surface area contributed by atoms with Crippen molar-refractivity contribution >= 4 is 35.1 Å². The van der Waals surface area contributed by atoms with Crippen LogP contribution in [0.1, 0.15) is 47.7 Å². The number of hydrogen-bond acceptors (Lipinski definition) is 5. The summed E-state index contributed by atoms with van der Waals surface area (Å²) in [5.74, 6) is -1.46. The Morgan fingerprint density at radius 3 is 2.36 bits per heavy atom. The normalized spacial score (nSPS) is 22.2. The van der Waals surface area contributed by atoms with Gasteiger partial charge in [0.05, 0.1) is 23.1 Å². The molecule has 1 N–H and O–H groups in total. The van der Waals surface area contributed by atoms with E-state index in [1.54, 1.807) is 18.2 Å². The maximum absolute atomic E-state index is 12.9. The van der Waals surface area contributed by atoms with E-state index in [4.69, 9.17) is 4.74 Å².